The van der Waals surface area contributed by atoms with E-state index in [1.807, 2.05) is 18.2 Å². The highest BCUT2D eigenvalue weighted by molar-refractivity contribution is 7.92. The van der Waals surface area contributed by atoms with Crippen LogP contribution >= 0.6 is 11.3 Å². The highest BCUT2D eigenvalue weighted by Crippen LogP contribution is 2.44. The number of fused-ring (bicyclic) bond motifs is 3. The van der Waals surface area contributed by atoms with Crippen LogP contribution in [0.5, 0.6) is 0 Å². The average molecular weight is 305 g/mol. The number of hydrogen-bond donors (Lipinski definition) is 0. The Bertz CT molecular complexity index is 737. The van der Waals surface area contributed by atoms with E-state index in [1.54, 1.807) is 17.4 Å². The Balaban J connectivity index is 1.66. The second-order valence-corrected chi connectivity index (χ2v) is 8.47. The van der Waals surface area contributed by atoms with Crippen LogP contribution in [0.2, 0.25) is 0 Å². The van der Waals surface area contributed by atoms with Crippen molar-refractivity contribution in [3.63, 3.8) is 0 Å². The molecule has 0 radical (unpaired) electrons. The Morgan fingerprint density at radius 3 is 2.85 bits per heavy atom. The number of thiophene rings is 1. The minimum absolute atomic E-state index is 0.148. The number of nitrogens with zero attached hydrogens (tertiary/aromatic N) is 1. The van der Waals surface area contributed by atoms with Crippen molar-refractivity contribution in [2.24, 2.45) is 0 Å². The Morgan fingerprint density at radius 2 is 2.05 bits per heavy atom. The largest absolute Gasteiger partial charge is 0.297 e. The zero-order chi connectivity index (χ0) is 13.7. The van der Waals surface area contributed by atoms with Crippen molar-refractivity contribution < 1.29 is 8.42 Å². The van der Waals surface area contributed by atoms with Gasteiger partial charge in [0.1, 0.15) is 0 Å². The van der Waals surface area contributed by atoms with Gasteiger partial charge >= 0.3 is 0 Å². The minimum Gasteiger partial charge on any atom is -0.297 e. The lowest BCUT2D eigenvalue weighted by molar-refractivity contribution is 0.326. The molecule has 2 atom stereocenters. The lowest BCUT2D eigenvalue weighted by Crippen LogP contribution is -2.25. The van der Waals surface area contributed by atoms with Crippen LogP contribution in [-0.2, 0) is 16.4 Å². The van der Waals surface area contributed by atoms with Crippen LogP contribution < -0.4 is 0 Å². The van der Waals surface area contributed by atoms with E-state index in [0.29, 0.717) is 11.4 Å². The summed E-state index contributed by atoms with van der Waals surface area (Å²) in [6.45, 7) is 2.35. The van der Waals surface area contributed by atoms with Gasteiger partial charge in [-0.3, -0.25) is 4.90 Å². The number of benzene rings is 1. The van der Waals surface area contributed by atoms with E-state index in [9.17, 15) is 8.42 Å². The molecule has 20 heavy (non-hydrogen) atoms. The van der Waals surface area contributed by atoms with Gasteiger partial charge < -0.3 is 0 Å². The number of sulfone groups is 1. The fourth-order valence-corrected chi connectivity index (χ4v) is 6.32. The van der Waals surface area contributed by atoms with Gasteiger partial charge in [0.2, 0.25) is 0 Å². The highest BCUT2D eigenvalue weighted by atomic mass is 32.2. The number of rotatable bonds is 2. The van der Waals surface area contributed by atoms with Gasteiger partial charge in [-0.15, -0.1) is 0 Å². The van der Waals surface area contributed by atoms with Crippen LogP contribution in [0, 0.1) is 0 Å². The van der Waals surface area contributed by atoms with E-state index in [0.717, 1.165) is 18.7 Å². The van der Waals surface area contributed by atoms with Gasteiger partial charge in [-0.25, -0.2) is 8.42 Å². The molecule has 0 unspecified atom stereocenters. The smallest absolute Gasteiger partial charge is 0.183 e. The predicted octanol–water partition coefficient (Wildman–Crippen LogP) is 2.50. The molecule has 5 heteroatoms. The summed E-state index contributed by atoms with van der Waals surface area (Å²) in [6, 6.07) is 9.61. The van der Waals surface area contributed by atoms with Crippen molar-refractivity contribution in [3.05, 3.63) is 52.2 Å². The second-order valence-electron chi connectivity index (χ2n) is 5.55. The fourth-order valence-electron chi connectivity index (χ4n) is 3.44. The maximum atomic E-state index is 12.6. The molecule has 4 rings (SSSR count). The Kier molecular flexibility index (Phi) is 2.77. The topological polar surface area (TPSA) is 37.4 Å². The summed E-state index contributed by atoms with van der Waals surface area (Å²) in [7, 11) is -3.13. The SMILES string of the molecule is O=S1(=O)c2ccccc2[C@H]2CN(Cc3ccsc3)C[C@H]21. The van der Waals surface area contributed by atoms with Crippen LogP contribution in [-0.4, -0.2) is 31.7 Å². The third kappa shape index (κ3) is 1.77. The molecule has 1 fully saturated rings. The summed E-state index contributed by atoms with van der Waals surface area (Å²) in [5.74, 6) is 0.148. The molecule has 0 amide bonds. The maximum absolute atomic E-state index is 12.6. The van der Waals surface area contributed by atoms with Crippen LogP contribution in [0.4, 0.5) is 0 Å². The molecule has 2 aromatic rings. The van der Waals surface area contributed by atoms with Gasteiger partial charge in [0.25, 0.3) is 0 Å². The summed E-state index contributed by atoms with van der Waals surface area (Å²) in [5, 5.41) is 3.95. The first-order chi connectivity index (χ1) is 9.66. The van der Waals surface area contributed by atoms with Crippen LogP contribution in [0.25, 0.3) is 0 Å². The van der Waals surface area contributed by atoms with Gasteiger partial charge in [0, 0.05) is 25.6 Å². The van der Waals surface area contributed by atoms with E-state index in [1.165, 1.54) is 5.56 Å². The van der Waals surface area contributed by atoms with Gasteiger partial charge in [-0.05, 0) is 34.0 Å². The first kappa shape index (κ1) is 12.6. The second kappa shape index (κ2) is 4.41. The Morgan fingerprint density at radius 1 is 1.20 bits per heavy atom. The van der Waals surface area contributed by atoms with Crippen molar-refractivity contribution >= 4 is 21.2 Å². The molecule has 0 bridgehead atoms. The van der Waals surface area contributed by atoms with E-state index in [4.69, 9.17) is 0 Å². The molecule has 0 aliphatic carbocycles. The number of hydrogen-bond acceptors (Lipinski definition) is 4. The molecule has 1 aromatic carbocycles. The van der Waals surface area contributed by atoms with Crippen LogP contribution in [0.15, 0.2) is 46.0 Å². The van der Waals surface area contributed by atoms with Crippen molar-refractivity contribution in [2.45, 2.75) is 22.6 Å². The average Bonchev–Trinajstić information content (AvgIpc) is 3.12. The molecule has 3 heterocycles. The summed E-state index contributed by atoms with van der Waals surface area (Å²) >= 11 is 1.69. The summed E-state index contributed by atoms with van der Waals surface area (Å²) in [5.41, 5.74) is 2.30. The predicted molar refractivity (Wildman–Crippen MR) is 79.8 cm³/mol. The molecule has 0 spiro atoms. The highest BCUT2D eigenvalue weighted by Gasteiger charge is 2.49. The van der Waals surface area contributed by atoms with Crippen molar-refractivity contribution in [3.8, 4) is 0 Å². The molecule has 1 saturated heterocycles. The zero-order valence-electron chi connectivity index (χ0n) is 10.9. The van der Waals surface area contributed by atoms with E-state index >= 15 is 0 Å². The van der Waals surface area contributed by atoms with E-state index in [2.05, 4.69) is 21.7 Å². The molecule has 0 N–H and O–H groups in total. The first-order valence-electron chi connectivity index (χ1n) is 6.72. The van der Waals surface area contributed by atoms with Gasteiger partial charge in [0.05, 0.1) is 10.1 Å². The lowest BCUT2D eigenvalue weighted by Gasteiger charge is -2.16. The monoisotopic (exact) mass is 305 g/mol. The molecule has 104 valence electrons. The van der Waals surface area contributed by atoms with Crippen molar-refractivity contribution in [1.29, 1.82) is 0 Å². The number of likely N-dealkylation sites (tertiary alicyclic amines) is 1. The summed E-state index contributed by atoms with van der Waals surface area (Å²) < 4.78 is 25.2. The first-order valence-corrected chi connectivity index (χ1v) is 9.21. The van der Waals surface area contributed by atoms with Crippen molar-refractivity contribution in [1.82, 2.24) is 4.90 Å². The van der Waals surface area contributed by atoms with Gasteiger partial charge in [-0.1, -0.05) is 18.2 Å². The molecule has 2 aliphatic heterocycles. The fraction of sp³-hybridized carbons (Fsp3) is 0.333. The van der Waals surface area contributed by atoms with Crippen molar-refractivity contribution in [2.75, 3.05) is 13.1 Å². The minimum atomic E-state index is -3.13. The summed E-state index contributed by atoms with van der Waals surface area (Å²) in [6.07, 6.45) is 0. The Labute approximate surface area is 122 Å². The van der Waals surface area contributed by atoms with Crippen LogP contribution in [0.3, 0.4) is 0 Å². The third-order valence-corrected chi connectivity index (χ3v) is 7.34. The standard InChI is InChI=1S/C15H15NO2S2/c17-20(18)14-4-2-1-3-12(14)13-8-16(9-15(13)20)7-11-5-6-19-10-11/h1-6,10,13,15H,7-9H2/t13-,15-/m1/s1. The normalized spacial score (nSPS) is 27.4. The van der Waals surface area contributed by atoms with Gasteiger partial charge in [-0.2, -0.15) is 11.3 Å². The zero-order valence-corrected chi connectivity index (χ0v) is 12.5. The van der Waals surface area contributed by atoms with Crippen LogP contribution in [0.1, 0.15) is 17.0 Å². The third-order valence-electron chi connectivity index (χ3n) is 4.35. The molecular formula is C15H15NO2S2. The molecular weight excluding hydrogens is 290 g/mol. The van der Waals surface area contributed by atoms with E-state index < -0.39 is 9.84 Å². The molecule has 1 aromatic heterocycles. The molecule has 3 nitrogen and oxygen atoms in total. The maximum Gasteiger partial charge on any atom is 0.183 e. The molecule has 2 aliphatic rings. The summed E-state index contributed by atoms with van der Waals surface area (Å²) in [4.78, 5) is 2.83. The molecule has 0 saturated carbocycles. The van der Waals surface area contributed by atoms with Gasteiger partial charge in [0.15, 0.2) is 9.84 Å². The lowest BCUT2D eigenvalue weighted by atomic mass is 9.99. The quantitative estimate of drug-likeness (QED) is 0.855. The van der Waals surface area contributed by atoms with E-state index in [-0.39, 0.29) is 11.2 Å². The Hall–Kier alpha value is -1.17.